The number of hydrogen-bond donors (Lipinski definition) is 0. The SMILES string of the molecule is Cc1ccc(F)c(-n2ccnc2)c1. The van der Waals surface area contributed by atoms with Crippen LogP contribution in [0.5, 0.6) is 0 Å². The molecule has 1 aromatic heterocycles. The van der Waals surface area contributed by atoms with Crippen molar-refractivity contribution in [3.05, 3.63) is 48.3 Å². The molecule has 0 saturated carbocycles. The second kappa shape index (κ2) is 3.01. The predicted molar refractivity (Wildman–Crippen MR) is 48.3 cm³/mol. The van der Waals surface area contributed by atoms with Crippen molar-refractivity contribution in [3.63, 3.8) is 0 Å². The second-order valence-corrected chi connectivity index (χ2v) is 2.92. The summed E-state index contributed by atoms with van der Waals surface area (Å²) in [5, 5.41) is 0. The molecule has 2 rings (SSSR count). The van der Waals surface area contributed by atoms with Gasteiger partial charge in [0.1, 0.15) is 5.82 Å². The van der Waals surface area contributed by atoms with Gasteiger partial charge in [0.05, 0.1) is 12.0 Å². The van der Waals surface area contributed by atoms with Crippen LogP contribution in [-0.2, 0) is 0 Å². The molecule has 0 radical (unpaired) electrons. The zero-order chi connectivity index (χ0) is 9.26. The molecule has 13 heavy (non-hydrogen) atoms. The van der Waals surface area contributed by atoms with Crippen molar-refractivity contribution in [2.45, 2.75) is 6.92 Å². The zero-order valence-corrected chi connectivity index (χ0v) is 7.24. The van der Waals surface area contributed by atoms with Crippen molar-refractivity contribution < 1.29 is 4.39 Å². The first-order valence-corrected chi connectivity index (χ1v) is 4.02. The maximum Gasteiger partial charge on any atom is 0.147 e. The predicted octanol–water partition coefficient (Wildman–Crippen LogP) is 2.32. The van der Waals surface area contributed by atoms with Crippen molar-refractivity contribution in [2.24, 2.45) is 0 Å². The standard InChI is InChI=1S/C10H9FN2/c1-8-2-3-9(11)10(6-8)13-5-4-12-7-13/h2-7H,1H3. The molecule has 0 amide bonds. The van der Waals surface area contributed by atoms with Crippen molar-refractivity contribution in [1.29, 1.82) is 0 Å². The third-order valence-electron chi connectivity index (χ3n) is 1.88. The fourth-order valence-electron chi connectivity index (χ4n) is 1.22. The average molecular weight is 176 g/mol. The van der Waals surface area contributed by atoms with Gasteiger partial charge in [0.2, 0.25) is 0 Å². The zero-order valence-electron chi connectivity index (χ0n) is 7.24. The normalized spacial score (nSPS) is 10.3. The third kappa shape index (κ3) is 1.45. The fourth-order valence-corrected chi connectivity index (χ4v) is 1.22. The Morgan fingerprint density at radius 1 is 1.38 bits per heavy atom. The smallest absolute Gasteiger partial charge is 0.147 e. The molecule has 0 spiro atoms. The van der Waals surface area contributed by atoms with E-state index >= 15 is 0 Å². The lowest BCUT2D eigenvalue weighted by Crippen LogP contribution is -1.94. The van der Waals surface area contributed by atoms with Crippen LogP contribution < -0.4 is 0 Å². The van der Waals surface area contributed by atoms with Crippen molar-refractivity contribution in [1.82, 2.24) is 9.55 Å². The highest BCUT2D eigenvalue weighted by Gasteiger charge is 2.02. The van der Waals surface area contributed by atoms with Gasteiger partial charge in [-0.2, -0.15) is 0 Å². The summed E-state index contributed by atoms with van der Waals surface area (Å²) < 4.78 is 14.9. The van der Waals surface area contributed by atoms with E-state index in [1.54, 1.807) is 35.4 Å². The molecule has 0 bridgehead atoms. The molecular weight excluding hydrogens is 167 g/mol. The summed E-state index contributed by atoms with van der Waals surface area (Å²) in [6, 6.07) is 5.00. The molecule has 2 aromatic rings. The minimum absolute atomic E-state index is 0.233. The summed E-state index contributed by atoms with van der Waals surface area (Å²) in [5.74, 6) is -0.233. The lowest BCUT2D eigenvalue weighted by atomic mass is 10.2. The van der Waals surface area contributed by atoms with Gasteiger partial charge in [0.25, 0.3) is 0 Å². The van der Waals surface area contributed by atoms with Crippen LogP contribution >= 0.6 is 0 Å². The average Bonchev–Trinajstić information content (AvgIpc) is 2.61. The summed E-state index contributed by atoms with van der Waals surface area (Å²) in [7, 11) is 0. The number of halogens is 1. The van der Waals surface area contributed by atoms with Gasteiger partial charge in [-0.1, -0.05) is 6.07 Å². The molecule has 3 heteroatoms. The maximum atomic E-state index is 13.3. The number of imidazole rings is 1. The number of aromatic nitrogens is 2. The molecule has 66 valence electrons. The van der Waals surface area contributed by atoms with E-state index in [0.717, 1.165) is 5.56 Å². The Balaban J connectivity index is 2.57. The number of hydrogen-bond acceptors (Lipinski definition) is 1. The van der Waals surface area contributed by atoms with Crippen LogP contribution in [0.25, 0.3) is 5.69 Å². The number of benzene rings is 1. The first kappa shape index (κ1) is 7.98. The topological polar surface area (TPSA) is 17.8 Å². The quantitative estimate of drug-likeness (QED) is 0.652. The molecule has 0 fully saturated rings. The van der Waals surface area contributed by atoms with Gasteiger partial charge < -0.3 is 4.57 Å². The van der Waals surface area contributed by atoms with Crippen LogP contribution in [0.1, 0.15) is 5.56 Å². The molecule has 2 nitrogen and oxygen atoms in total. The maximum absolute atomic E-state index is 13.3. The molecule has 1 heterocycles. The highest BCUT2D eigenvalue weighted by atomic mass is 19.1. The van der Waals surface area contributed by atoms with Crippen LogP contribution in [0.3, 0.4) is 0 Å². The van der Waals surface area contributed by atoms with Crippen LogP contribution in [0.4, 0.5) is 4.39 Å². The van der Waals surface area contributed by atoms with Gasteiger partial charge in [0.15, 0.2) is 0 Å². The van der Waals surface area contributed by atoms with Crippen molar-refractivity contribution >= 4 is 0 Å². The van der Waals surface area contributed by atoms with E-state index in [9.17, 15) is 4.39 Å². The molecule has 0 atom stereocenters. The summed E-state index contributed by atoms with van der Waals surface area (Å²) >= 11 is 0. The first-order valence-electron chi connectivity index (χ1n) is 4.02. The Morgan fingerprint density at radius 3 is 2.92 bits per heavy atom. The molecule has 0 aliphatic carbocycles. The Hall–Kier alpha value is -1.64. The first-order chi connectivity index (χ1) is 6.27. The van der Waals surface area contributed by atoms with Gasteiger partial charge in [-0.15, -0.1) is 0 Å². The van der Waals surface area contributed by atoms with E-state index in [1.165, 1.54) is 6.07 Å². The summed E-state index contributed by atoms with van der Waals surface area (Å²) in [5.41, 5.74) is 1.57. The number of rotatable bonds is 1. The lowest BCUT2D eigenvalue weighted by molar-refractivity contribution is 0.617. The molecule has 0 N–H and O–H groups in total. The Bertz CT molecular complexity index is 407. The fraction of sp³-hybridized carbons (Fsp3) is 0.100. The van der Waals surface area contributed by atoms with Crippen LogP contribution in [0, 0.1) is 12.7 Å². The molecule has 0 aliphatic heterocycles. The Morgan fingerprint density at radius 2 is 2.23 bits per heavy atom. The van der Waals surface area contributed by atoms with Crippen molar-refractivity contribution in [2.75, 3.05) is 0 Å². The third-order valence-corrected chi connectivity index (χ3v) is 1.88. The number of aryl methyl sites for hydroxylation is 1. The van der Waals surface area contributed by atoms with E-state index in [-0.39, 0.29) is 5.82 Å². The van der Waals surface area contributed by atoms with E-state index < -0.39 is 0 Å². The number of nitrogens with zero attached hydrogens (tertiary/aromatic N) is 2. The Kier molecular flexibility index (Phi) is 1.85. The van der Waals surface area contributed by atoms with Gasteiger partial charge >= 0.3 is 0 Å². The van der Waals surface area contributed by atoms with Gasteiger partial charge in [-0.05, 0) is 24.6 Å². The lowest BCUT2D eigenvalue weighted by Gasteiger charge is -2.04. The highest BCUT2D eigenvalue weighted by molar-refractivity contribution is 5.36. The molecular formula is C10H9FN2. The van der Waals surface area contributed by atoms with Crippen LogP contribution in [0.15, 0.2) is 36.9 Å². The highest BCUT2D eigenvalue weighted by Crippen LogP contribution is 2.14. The summed E-state index contributed by atoms with van der Waals surface area (Å²) in [6.07, 6.45) is 4.93. The molecule has 1 aromatic carbocycles. The molecule has 0 saturated heterocycles. The van der Waals surface area contributed by atoms with Gasteiger partial charge in [0, 0.05) is 12.4 Å². The van der Waals surface area contributed by atoms with E-state index in [2.05, 4.69) is 4.98 Å². The summed E-state index contributed by atoms with van der Waals surface area (Å²) in [4.78, 5) is 3.87. The minimum atomic E-state index is -0.233. The van der Waals surface area contributed by atoms with E-state index in [0.29, 0.717) is 5.69 Å². The minimum Gasteiger partial charge on any atom is -0.303 e. The van der Waals surface area contributed by atoms with Crippen molar-refractivity contribution in [3.8, 4) is 5.69 Å². The van der Waals surface area contributed by atoms with Gasteiger partial charge in [-0.25, -0.2) is 9.37 Å². The van der Waals surface area contributed by atoms with E-state index in [1.807, 2.05) is 6.92 Å². The largest absolute Gasteiger partial charge is 0.303 e. The molecule has 0 aliphatic rings. The monoisotopic (exact) mass is 176 g/mol. The van der Waals surface area contributed by atoms with Crippen LogP contribution in [0.2, 0.25) is 0 Å². The van der Waals surface area contributed by atoms with Crippen LogP contribution in [-0.4, -0.2) is 9.55 Å². The van der Waals surface area contributed by atoms with E-state index in [4.69, 9.17) is 0 Å². The Labute approximate surface area is 75.7 Å². The molecule has 0 unspecified atom stereocenters. The second-order valence-electron chi connectivity index (χ2n) is 2.92. The summed E-state index contributed by atoms with van der Waals surface area (Å²) in [6.45, 7) is 1.93. The van der Waals surface area contributed by atoms with Gasteiger partial charge in [-0.3, -0.25) is 0 Å².